The first-order chi connectivity index (χ1) is 9.92. The molecule has 6 heteroatoms. The third-order valence-electron chi connectivity index (χ3n) is 4.30. The van der Waals surface area contributed by atoms with Crippen molar-refractivity contribution in [3.63, 3.8) is 0 Å². The minimum atomic E-state index is -3.56. The SMILES string of the molecule is Cc1cc(CO)cc(S(=O)(=O)NC(C2CC2)C2CC2)c1Br. The Morgan fingerprint density at radius 3 is 2.33 bits per heavy atom. The van der Waals surface area contributed by atoms with Crippen LogP contribution in [0.3, 0.4) is 0 Å². The van der Waals surface area contributed by atoms with E-state index in [2.05, 4.69) is 20.7 Å². The molecule has 0 atom stereocenters. The minimum Gasteiger partial charge on any atom is -0.392 e. The van der Waals surface area contributed by atoms with Gasteiger partial charge in [0.2, 0.25) is 10.0 Å². The van der Waals surface area contributed by atoms with Crippen LogP contribution in [0.5, 0.6) is 0 Å². The van der Waals surface area contributed by atoms with Crippen LogP contribution in [-0.4, -0.2) is 19.6 Å². The average Bonchev–Trinajstić information content (AvgIpc) is 3.30. The fourth-order valence-electron chi connectivity index (χ4n) is 2.83. The van der Waals surface area contributed by atoms with Crippen LogP contribution in [0, 0.1) is 18.8 Å². The van der Waals surface area contributed by atoms with Gasteiger partial charge in [-0.1, -0.05) is 6.07 Å². The Morgan fingerprint density at radius 1 is 1.29 bits per heavy atom. The van der Waals surface area contributed by atoms with E-state index in [1.54, 1.807) is 12.1 Å². The highest BCUT2D eigenvalue weighted by molar-refractivity contribution is 9.10. The lowest BCUT2D eigenvalue weighted by atomic mass is 10.1. The number of nitrogens with one attached hydrogen (secondary N) is 1. The van der Waals surface area contributed by atoms with E-state index < -0.39 is 10.0 Å². The molecule has 21 heavy (non-hydrogen) atoms. The Bertz CT molecular complexity index is 639. The summed E-state index contributed by atoms with van der Waals surface area (Å²) >= 11 is 3.37. The smallest absolute Gasteiger partial charge is 0.241 e. The number of benzene rings is 1. The molecule has 0 radical (unpaired) electrons. The molecule has 0 spiro atoms. The highest BCUT2D eigenvalue weighted by atomic mass is 79.9. The van der Waals surface area contributed by atoms with Gasteiger partial charge in [-0.25, -0.2) is 13.1 Å². The van der Waals surface area contributed by atoms with E-state index in [4.69, 9.17) is 0 Å². The Morgan fingerprint density at radius 2 is 1.86 bits per heavy atom. The van der Waals surface area contributed by atoms with Gasteiger partial charge in [-0.05, 0) is 77.6 Å². The lowest BCUT2D eigenvalue weighted by molar-refractivity contribution is 0.281. The van der Waals surface area contributed by atoms with Crippen LogP contribution in [0.2, 0.25) is 0 Å². The van der Waals surface area contributed by atoms with Crippen LogP contribution in [-0.2, 0) is 16.6 Å². The lowest BCUT2D eigenvalue weighted by Gasteiger charge is -2.19. The predicted octanol–water partition coefficient (Wildman–Crippen LogP) is 2.72. The fourth-order valence-corrected chi connectivity index (χ4v) is 5.27. The minimum absolute atomic E-state index is 0.0833. The Labute approximate surface area is 134 Å². The second-order valence-corrected chi connectivity index (χ2v) is 8.68. The Kier molecular flexibility index (Phi) is 4.16. The molecule has 116 valence electrons. The summed E-state index contributed by atoms with van der Waals surface area (Å²) < 4.78 is 28.9. The summed E-state index contributed by atoms with van der Waals surface area (Å²) in [5, 5.41) is 9.29. The van der Waals surface area contributed by atoms with Gasteiger partial charge in [-0.15, -0.1) is 0 Å². The molecule has 0 aliphatic heterocycles. The van der Waals surface area contributed by atoms with Gasteiger partial charge in [-0.3, -0.25) is 0 Å². The Hall–Kier alpha value is -0.430. The first kappa shape index (κ1) is 15.5. The molecule has 2 saturated carbocycles. The molecule has 1 aromatic carbocycles. The van der Waals surface area contributed by atoms with E-state index in [9.17, 15) is 13.5 Å². The summed E-state index contributed by atoms with van der Waals surface area (Å²) in [5.74, 6) is 1.02. The van der Waals surface area contributed by atoms with Crippen LogP contribution in [0.25, 0.3) is 0 Å². The van der Waals surface area contributed by atoms with E-state index in [0.717, 1.165) is 31.2 Å². The zero-order valence-electron chi connectivity index (χ0n) is 12.0. The van der Waals surface area contributed by atoms with Crippen LogP contribution in [0.4, 0.5) is 0 Å². The number of sulfonamides is 1. The van der Waals surface area contributed by atoms with E-state index in [1.807, 2.05) is 6.92 Å². The van der Waals surface area contributed by atoms with Gasteiger partial charge in [0.05, 0.1) is 11.5 Å². The fraction of sp³-hybridized carbons (Fsp3) is 0.600. The van der Waals surface area contributed by atoms with Crippen molar-refractivity contribution in [1.29, 1.82) is 0 Å². The maximum atomic E-state index is 12.7. The molecular weight excluding hydrogens is 354 g/mol. The molecule has 0 heterocycles. The highest BCUT2D eigenvalue weighted by Gasteiger charge is 2.43. The summed E-state index contributed by atoms with van der Waals surface area (Å²) in [6, 6.07) is 3.43. The second kappa shape index (κ2) is 5.65. The second-order valence-electron chi connectivity index (χ2n) is 6.20. The number of hydrogen-bond acceptors (Lipinski definition) is 3. The number of aryl methyl sites for hydroxylation is 1. The van der Waals surface area contributed by atoms with Crippen molar-refractivity contribution in [3.8, 4) is 0 Å². The molecule has 2 fully saturated rings. The zero-order valence-corrected chi connectivity index (χ0v) is 14.4. The third kappa shape index (κ3) is 3.33. The van der Waals surface area contributed by atoms with Gasteiger partial charge in [-0.2, -0.15) is 0 Å². The van der Waals surface area contributed by atoms with Crippen LogP contribution in [0.1, 0.15) is 36.8 Å². The normalized spacial score (nSPS) is 19.2. The molecule has 2 aliphatic carbocycles. The zero-order chi connectivity index (χ0) is 15.2. The molecule has 1 aromatic rings. The standard InChI is InChI=1S/C15H20BrNO3S/c1-9-6-10(8-18)7-13(14(9)16)21(19,20)17-15(11-2-3-11)12-4-5-12/h6-7,11-12,15,17-18H,2-5,8H2,1H3. The van der Waals surface area contributed by atoms with Gasteiger partial charge < -0.3 is 5.11 Å². The van der Waals surface area contributed by atoms with Crippen molar-refractivity contribution in [2.24, 2.45) is 11.8 Å². The topological polar surface area (TPSA) is 66.4 Å². The first-order valence-electron chi connectivity index (χ1n) is 7.34. The predicted molar refractivity (Wildman–Crippen MR) is 84.4 cm³/mol. The third-order valence-corrected chi connectivity index (χ3v) is 7.10. The summed E-state index contributed by atoms with van der Waals surface area (Å²) in [5.41, 5.74) is 1.43. The summed E-state index contributed by atoms with van der Waals surface area (Å²) in [4.78, 5) is 0.234. The van der Waals surface area contributed by atoms with Gasteiger partial charge in [0.15, 0.2) is 0 Å². The molecule has 2 aliphatic rings. The summed E-state index contributed by atoms with van der Waals surface area (Å²) in [6.45, 7) is 1.67. The molecular formula is C15H20BrNO3S. The van der Waals surface area contributed by atoms with E-state index >= 15 is 0 Å². The van der Waals surface area contributed by atoms with Crippen molar-refractivity contribution in [3.05, 3.63) is 27.7 Å². The van der Waals surface area contributed by atoms with Gasteiger partial charge in [0.1, 0.15) is 0 Å². The number of rotatable bonds is 6. The van der Waals surface area contributed by atoms with E-state index in [-0.39, 0.29) is 17.5 Å². The molecule has 2 N–H and O–H groups in total. The molecule has 0 bridgehead atoms. The molecule has 0 saturated heterocycles. The lowest BCUT2D eigenvalue weighted by Crippen LogP contribution is -2.38. The largest absolute Gasteiger partial charge is 0.392 e. The van der Waals surface area contributed by atoms with Gasteiger partial charge >= 0.3 is 0 Å². The van der Waals surface area contributed by atoms with Crippen LogP contribution >= 0.6 is 15.9 Å². The van der Waals surface area contributed by atoms with Crippen molar-refractivity contribution in [1.82, 2.24) is 4.72 Å². The number of hydrogen-bond donors (Lipinski definition) is 2. The quantitative estimate of drug-likeness (QED) is 0.805. The molecule has 3 rings (SSSR count). The maximum absolute atomic E-state index is 12.7. The van der Waals surface area contributed by atoms with Crippen LogP contribution < -0.4 is 4.72 Å². The molecule has 4 nitrogen and oxygen atoms in total. The highest BCUT2D eigenvalue weighted by Crippen LogP contribution is 2.45. The molecule has 0 unspecified atom stereocenters. The molecule has 0 aromatic heterocycles. The summed E-state index contributed by atoms with van der Waals surface area (Å²) in [7, 11) is -3.56. The average molecular weight is 374 g/mol. The van der Waals surface area contributed by atoms with E-state index in [1.165, 1.54) is 0 Å². The summed E-state index contributed by atoms with van der Waals surface area (Å²) in [6.07, 6.45) is 4.50. The van der Waals surface area contributed by atoms with Crippen LogP contribution in [0.15, 0.2) is 21.5 Å². The Balaban J connectivity index is 1.92. The number of aliphatic hydroxyl groups excluding tert-OH is 1. The van der Waals surface area contributed by atoms with Gasteiger partial charge in [0, 0.05) is 10.5 Å². The van der Waals surface area contributed by atoms with Crippen molar-refractivity contribution < 1.29 is 13.5 Å². The monoisotopic (exact) mass is 373 g/mol. The van der Waals surface area contributed by atoms with Gasteiger partial charge in [0.25, 0.3) is 0 Å². The van der Waals surface area contributed by atoms with Crippen molar-refractivity contribution in [2.45, 2.75) is 50.2 Å². The van der Waals surface area contributed by atoms with Crippen molar-refractivity contribution >= 4 is 26.0 Å². The maximum Gasteiger partial charge on any atom is 0.241 e. The van der Waals surface area contributed by atoms with E-state index in [0.29, 0.717) is 21.9 Å². The number of aliphatic hydroxyl groups is 1. The van der Waals surface area contributed by atoms with Crippen molar-refractivity contribution in [2.75, 3.05) is 0 Å². The first-order valence-corrected chi connectivity index (χ1v) is 9.62. The number of halogens is 1. The molecule has 0 amide bonds.